The molecular formula is C63H96N4. The van der Waals surface area contributed by atoms with E-state index in [-0.39, 0.29) is 48.7 Å². The van der Waals surface area contributed by atoms with Gasteiger partial charge < -0.3 is 4.90 Å². The van der Waals surface area contributed by atoms with Gasteiger partial charge >= 0.3 is 0 Å². The van der Waals surface area contributed by atoms with Crippen LogP contribution in [-0.2, 0) is 48.7 Å². The Balaban J connectivity index is 0.000000285. The fourth-order valence-electron chi connectivity index (χ4n) is 7.09. The van der Waals surface area contributed by atoms with E-state index in [1.807, 2.05) is 0 Å². The zero-order chi connectivity index (χ0) is 51.7. The number of hydrogen-bond acceptors (Lipinski definition) is 4. The summed E-state index contributed by atoms with van der Waals surface area (Å²) >= 11 is 0. The summed E-state index contributed by atoms with van der Waals surface area (Å²) in [7, 11) is 0. The highest BCUT2D eigenvalue weighted by Gasteiger charge is 2.29. The van der Waals surface area contributed by atoms with Gasteiger partial charge in [0.25, 0.3) is 0 Å². The van der Waals surface area contributed by atoms with Crippen molar-refractivity contribution in [3.63, 3.8) is 0 Å². The number of aromatic nitrogens is 3. The summed E-state index contributed by atoms with van der Waals surface area (Å²) in [5.74, 6) is 2.65. The second-order valence-electron chi connectivity index (χ2n) is 28.3. The third kappa shape index (κ3) is 16.4. The van der Waals surface area contributed by atoms with Crippen molar-refractivity contribution >= 4 is 17.1 Å². The van der Waals surface area contributed by atoms with Gasteiger partial charge in [0.2, 0.25) is 0 Å². The van der Waals surface area contributed by atoms with Crippen LogP contribution in [0, 0.1) is 0 Å². The van der Waals surface area contributed by atoms with Crippen molar-refractivity contribution in [2.24, 2.45) is 0 Å². The summed E-state index contributed by atoms with van der Waals surface area (Å²) in [5.41, 5.74) is 12.8. The first kappa shape index (κ1) is 57.0. The van der Waals surface area contributed by atoms with Crippen molar-refractivity contribution in [3.05, 3.63) is 142 Å². The Bertz CT molecular complexity index is 1970. The van der Waals surface area contributed by atoms with E-state index in [4.69, 9.17) is 0 Å². The molecule has 4 heteroatoms. The summed E-state index contributed by atoms with van der Waals surface area (Å²) < 4.78 is 0. The van der Waals surface area contributed by atoms with Crippen molar-refractivity contribution in [1.82, 2.24) is 15.0 Å². The average molecular weight is 909 g/mol. The molecule has 0 saturated heterocycles. The largest absolute Gasteiger partial charge is 0.311 e. The second kappa shape index (κ2) is 20.0. The molecule has 0 aliphatic rings. The number of hydrogen-bond donors (Lipinski definition) is 0. The first-order valence-electron chi connectivity index (χ1n) is 25.0. The third-order valence-electron chi connectivity index (χ3n) is 12.2. The lowest BCUT2D eigenvalue weighted by Gasteiger charge is -2.29. The Kier molecular flexibility index (Phi) is 17.0. The molecule has 5 aromatic rings. The van der Waals surface area contributed by atoms with Crippen LogP contribution in [0.5, 0.6) is 0 Å². The lowest BCUT2D eigenvalue weighted by molar-refractivity contribution is 0.457. The summed E-state index contributed by atoms with van der Waals surface area (Å²) in [6.07, 6.45) is 0. The van der Waals surface area contributed by atoms with Crippen LogP contribution in [0.1, 0.15) is 238 Å². The molecular weight excluding hydrogens is 813 g/mol. The van der Waals surface area contributed by atoms with Crippen molar-refractivity contribution in [3.8, 4) is 0 Å². The Labute approximate surface area is 412 Å². The molecule has 1 aromatic heterocycles. The van der Waals surface area contributed by atoms with Crippen LogP contribution in [0.25, 0.3) is 0 Å². The fourth-order valence-corrected chi connectivity index (χ4v) is 7.09. The molecule has 0 bridgehead atoms. The molecule has 0 N–H and O–H groups in total. The van der Waals surface area contributed by atoms with Gasteiger partial charge in [0, 0.05) is 33.3 Å². The monoisotopic (exact) mass is 909 g/mol. The molecule has 0 amide bonds. The van der Waals surface area contributed by atoms with Crippen LogP contribution in [0.2, 0.25) is 0 Å². The van der Waals surface area contributed by atoms with Gasteiger partial charge in [-0.1, -0.05) is 242 Å². The minimum Gasteiger partial charge on any atom is -0.311 e. The molecule has 0 atom stereocenters. The van der Waals surface area contributed by atoms with E-state index in [1.165, 1.54) is 50.4 Å². The molecule has 0 unspecified atom stereocenters. The minimum atomic E-state index is -0.0526. The van der Waals surface area contributed by atoms with E-state index in [9.17, 15) is 0 Å². The van der Waals surface area contributed by atoms with E-state index in [0.29, 0.717) is 0 Å². The maximum Gasteiger partial charge on any atom is 0.137 e. The molecule has 67 heavy (non-hydrogen) atoms. The van der Waals surface area contributed by atoms with Crippen molar-refractivity contribution < 1.29 is 0 Å². The zero-order valence-electron chi connectivity index (χ0n) is 47.9. The minimum absolute atomic E-state index is 0.0526. The fraction of sp³-hybridized carbons (Fsp3) is 0.571. The molecule has 4 nitrogen and oxygen atoms in total. The molecule has 0 radical (unpaired) electrons. The van der Waals surface area contributed by atoms with Crippen LogP contribution in [0.4, 0.5) is 17.1 Å². The van der Waals surface area contributed by atoms with Crippen LogP contribution in [-0.4, -0.2) is 15.0 Å². The second-order valence-corrected chi connectivity index (χ2v) is 28.3. The average Bonchev–Trinajstić information content (AvgIpc) is 3.16. The number of benzene rings is 4. The first-order chi connectivity index (χ1) is 29.9. The van der Waals surface area contributed by atoms with E-state index < -0.39 is 0 Å². The van der Waals surface area contributed by atoms with E-state index in [0.717, 1.165) is 17.5 Å². The van der Waals surface area contributed by atoms with E-state index in [2.05, 4.69) is 298 Å². The van der Waals surface area contributed by atoms with Crippen molar-refractivity contribution in [2.45, 2.75) is 236 Å². The summed E-state index contributed by atoms with van der Waals surface area (Å²) in [6.45, 7) is 60.2. The molecule has 368 valence electrons. The maximum atomic E-state index is 4.67. The van der Waals surface area contributed by atoms with Crippen molar-refractivity contribution in [2.75, 3.05) is 4.90 Å². The Hall–Kier alpha value is -4.31. The SMILES string of the molecule is CC(C)(C)c1cc(C(C)(C)C)cc(C(C)(C)C)c1.CC(C)(C)c1ccc(N(c2ccc(C(C)(C)C)cc2)c2ccc(C(C)(C)C)cc2)cc1.CC(C)(C)c1nc(C(C)(C)C)nc(C(C)(C)C)n1. The highest BCUT2D eigenvalue weighted by Crippen LogP contribution is 2.39. The number of rotatable bonds is 3. The van der Waals surface area contributed by atoms with Crippen molar-refractivity contribution in [1.29, 1.82) is 0 Å². The van der Waals surface area contributed by atoms with Crippen LogP contribution in [0.3, 0.4) is 0 Å². The summed E-state index contributed by atoms with van der Waals surface area (Å²) in [5, 5.41) is 0. The van der Waals surface area contributed by atoms with Crippen LogP contribution in [0.15, 0.2) is 91.0 Å². The lowest BCUT2D eigenvalue weighted by atomic mass is 9.76. The normalized spacial score (nSPS) is 13.3. The standard InChI is InChI=1S/C30H39N.C18H30.C15H27N3/c1-28(2,3)22-10-16-25(17-11-22)31(26-18-12-23(13-19-26)29(4,5)6)27-20-14-24(15-21-27)30(7,8)9;1-16(2,3)13-10-14(17(4,5)6)12-15(11-13)18(7,8)9;1-13(2,3)10-16-11(14(4,5)6)18-12(17-10)15(7,8)9/h10-21H,1-9H3;10-12H,1-9H3;1-9H3. The number of anilines is 3. The van der Waals surface area contributed by atoms with E-state index in [1.54, 1.807) is 0 Å². The Morgan fingerprint density at radius 1 is 0.224 bits per heavy atom. The third-order valence-corrected chi connectivity index (χ3v) is 12.2. The first-order valence-corrected chi connectivity index (χ1v) is 25.0. The lowest BCUT2D eigenvalue weighted by Crippen LogP contribution is -2.28. The van der Waals surface area contributed by atoms with Gasteiger partial charge in [0.05, 0.1) is 0 Å². The van der Waals surface area contributed by atoms with Crippen LogP contribution >= 0.6 is 0 Å². The van der Waals surface area contributed by atoms with Gasteiger partial charge in [-0.25, -0.2) is 15.0 Å². The highest BCUT2D eigenvalue weighted by molar-refractivity contribution is 5.77. The molecule has 5 rings (SSSR count). The predicted octanol–water partition coefficient (Wildman–Crippen LogP) is 18.4. The molecule has 0 fully saturated rings. The van der Waals surface area contributed by atoms with Gasteiger partial charge in [-0.3, -0.25) is 0 Å². The van der Waals surface area contributed by atoms with Gasteiger partial charge in [-0.05, 0) is 102 Å². The van der Waals surface area contributed by atoms with Gasteiger partial charge in [-0.2, -0.15) is 0 Å². The summed E-state index contributed by atoms with van der Waals surface area (Å²) in [4.78, 5) is 16.4. The van der Waals surface area contributed by atoms with Crippen LogP contribution < -0.4 is 4.90 Å². The zero-order valence-corrected chi connectivity index (χ0v) is 47.9. The van der Waals surface area contributed by atoms with Gasteiger partial charge in [-0.15, -0.1) is 0 Å². The molecule has 1 heterocycles. The number of nitrogens with zero attached hydrogens (tertiary/aromatic N) is 4. The smallest absolute Gasteiger partial charge is 0.137 e. The molecule has 0 aliphatic carbocycles. The topological polar surface area (TPSA) is 41.9 Å². The van der Waals surface area contributed by atoms with Gasteiger partial charge in [0.15, 0.2) is 0 Å². The highest BCUT2D eigenvalue weighted by atomic mass is 15.1. The molecule has 0 aliphatic heterocycles. The predicted molar refractivity (Wildman–Crippen MR) is 296 cm³/mol. The molecule has 4 aromatic carbocycles. The Morgan fingerprint density at radius 2 is 0.388 bits per heavy atom. The van der Waals surface area contributed by atoms with Gasteiger partial charge in [0.1, 0.15) is 17.5 Å². The quantitative estimate of drug-likeness (QED) is 0.181. The Morgan fingerprint density at radius 3 is 0.522 bits per heavy atom. The molecule has 0 spiro atoms. The van der Waals surface area contributed by atoms with E-state index >= 15 is 0 Å². The maximum absolute atomic E-state index is 4.67. The molecule has 0 saturated carbocycles. The summed E-state index contributed by atoms with van der Waals surface area (Å²) in [6, 6.07) is 34.2.